The molecule has 0 unspecified atom stereocenters. The Kier molecular flexibility index (Phi) is 4.71. The third-order valence-corrected chi connectivity index (χ3v) is 4.73. The van der Waals surface area contributed by atoms with Crippen LogP contribution in [0.3, 0.4) is 0 Å². The number of urea groups is 1. The second-order valence-electron chi connectivity index (χ2n) is 7.08. The number of amides is 3. The Morgan fingerprint density at radius 1 is 1.33 bits per heavy atom. The van der Waals surface area contributed by atoms with Crippen LogP contribution < -0.4 is 5.32 Å². The predicted molar refractivity (Wildman–Crippen MR) is 90.2 cm³/mol. The first kappa shape index (κ1) is 16.7. The molecule has 24 heavy (non-hydrogen) atoms. The lowest BCUT2D eigenvalue weighted by Gasteiger charge is -2.33. The van der Waals surface area contributed by atoms with E-state index in [0.717, 1.165) is 25.3 Å². The molecule has 0 radical (unpaired) electrons. The lowest BCUT2D eigenvalue weighted by molar-refractivity contribution is -0.119. The molecule has 1 aromatic rings. The Hall–Kier alpha value is -2.15. The molecule has 1 aromatic heterocycles. The Morgan fingerprint density at radius 2 is 2.17 bits per heavy atom. The molecule has 3 rings (SSSR count). The van der Waals surface area contributed by atoms with Crippen LogP contribution in [0.25, 0.3) is 0 Å². The quantitative estimate of drug-likeness (QED) is 0.851. The zero-order valence-electron chi connectivity index (χ0n) is 14.4. The smallest absolute Gasteiger partial charge is 0.319 e. The summed E-state index contributed by atoms with van der Waals surface area (Å²) in [5.74, 6) is 0.0759. The van der Waals surface area contributed by atoms with Crippen molar-refractivity contribution in [1.29, 1.82) is 0 Å². The SMILES string of the molecule is CN(C)C(=O)N1CCN(Cc2ccccn2)C[C@@]2(CNC(=O)C2)C1. The van der Waals surface area contributed by atoms with Crippen molar-refractivity contribution in [2.45, 2.75) is 13.0 Å². The summed E-state index contributed by atoms with van der Waals surface area (Å²) < 4.78 is 0. The van der Waals surface area contributed by atoms with Gasteiger partial charge in [-0.25, -0.2) is 4.79 Å². The van der Waals surface area contributed by atoms with E-state index in [1.165, 1.54) is 0 Å². The van der Waals surface area contributed by atoms with Crippen molar-refractivity contribution >= 4 is 11.9 Å². The van der Waals surface area contributed by atoms with Gasteiger partial charge in [-0.05, 0) is 12.1 Å². The first-order valence-electron chi connectivity index (χ1n) is 8.33. The van der Waals surface area contributed by atoms with E-state index in [4.69, 9.17) is 0 Å². The van der Waals surface area contributed by atoms with Gasteiger partial charge in [0.15, 0.2) is 0 Å². The highest BCUT2D eigenvalue weighted by molar-refractivity contribution is 5.80. The molecule has 0 saturated carbocycles. The van der Waals surface area contributed by atoms with E-state index in [1.54, 1.807) is 25.2 Å². The summed E-state index contributed by atoms with van der Waals surface area (Å²) in [5, 5.41) is 2.95. The highest BCUT2D eigenvalue weighted by Crippen LogP contribution is 2.31. The average molecular weight is 331 g/mol. The maximum absolute atomic E-state index is 12.5. The molecule has 0 aromatic carbocycles. The third kappa shape index (κ3) is 3.67. The summed E-state index contributed by atoms with van der Waals surface area (Å²) in [6.45, 7) is 4.22. The van der Waals surface area contributed by atoms with Crippen molar-refractivity contribution in [3.05, 3.63) is 30.1 Å². The van der Waals surface area contributed by atoms with Crippen molar-refractivity contribution < 1.29 is 9.59 Å². The number of nitrogens with one attached hydrogen (secondary N) is 1. The van der Waals surface area contributed by atoms with Crippen molar-refractivity contribution in [3.8, 4) is 0 Å². The molecule has 2 aliphatic rings. The Labute approximate surface area is 142 Å². The van der Waals surface area contributed by atoms with Crippen LogP contribution in [0.15, 0.2) is 24.4 Å². The monoisotopic (exact) mass is 331 g/mol. The van der Waals surface area contributed by atoms with E-state index in [2.05, 4.69) is 15.2 Å². The minimum Gasteiger partial charge on any atom is -0.355 e. The lowest BCUT2D eigenvalue weighted by atomic mass is 9.86. The lowest BCUT2D eigenvalue weighted by Crippen LogP contribution is -2.47. The van der Waals surface area contributed by atoms with Gasteiger partial charge in [0.25, 0.3) is 0 Å². The summed E-state index contributed by atoms with van der Waals surface area (Å²) >= 11 is 0. The predicted octanol–water partition coefficient (Wildman–Crippen LogP) is 0.387. The van der Waals surface area contributed by atoms with Gasteiger partial charge in [-0.1, -0.05) is 6.07 Å². The van der Waals surface area contributed by atoms with Gasteiger partial charge < -0.3 is 15.1 Å². The molecule has 7 heteroatoms. The van der Waals surface area contributed by atoms with Crippen molar-refractivity contribution in [3.63, 3.8) is 0 Å². The molecule has 130 valence electrons. The summed E-state index contributed by atoms with van der Waals surface area (Å²) in [7, 11) is 3.53. The molecule has 2 saturated heterocycles. The van der Waals surface area contributed by atoms with Gasteiger partial charge in [-0.3, -0.25) is 14.7 Å². The normalized spacial score (nSPS) is 24.8. The minimum atomic E-state index is -0.214. The average Bonchev–Trinajstić information content (AvgIpc) is 2.81. The Balaban J connectivity index is 1.78. The number of hydrogen-bond donors (Lipinski definition) is 1. The fraction of sp³-hybridized carbons (Fsp3) is 0.588. The largest absolute Gasteiger partial charge is 0.355 e. The molecular weight excluding hydrogens is 306 g/mol. The van der Waals surface area contributed by atoms with Crippen molar-refractivity contribution in [2.24, 2.45) is 5.41 Å². The fourth-order valence-electron chi connectivity index (χ4n) is 3.63. The third-order valence-electron chi connectivity index (χ3n) is 4.73. The maximum atomic E-state index is 12.5. The maximum Gasteiger partial charge on any atom is 0.319 e. The summed E-state index contributed by atoms with van der Waals surface area (Å²) in [6.07, 6.45) is 2.27. The standard InChI is InChI=1S/C17H25N5O2/c1-20(2)16(24)22-8-7-21(10-14-5-3-4-6-18-14)12-17(13-22)9-15(23)19-11-17/h3-6H,7-13H2,1-2H3,(H,19,23)/t17-/m1/s1. The second-order valence-corrected chi connectivity index (χ2v) is 7.08. The van der Waals surface area contributed by atoms with Gasteiger partial charge in [0.1, 0.15) is 0 Å². The van der Waals surface area contributed by atoms with E-state index in [0.29, 0.717) is 26.1 Å². The van der Waals surface area contributed by atoms with E-state index in [-0.39, 0.29) is 17.4 Å². The first-order chi connectivity index (χ1) is 11.5. The number of carbonyl (C=O) groups excluding carboxylic acids is 2. The molecule has 3 heterocycles. The van der Waals surface area contributed by atoms with Crippen LogP contribution in [0.2, 0.25) is 0 Å². The highest BCUT2D eigenvalue weighted by Gasteiger charge is 2.44. The van der Waals surface area contributed by atoms with Gasteiger partial charge in [0.2, 0.25) is 5.91 Å². The molecule has 2 aliphatic heterocycles. The van der Waals surface area contributed by atoms with Gasteiger partial charge in [0.05, 0.1) is 5.69 Å². The fourth-order valence-corrected chi connectivity index (χ4v) is 3.63. The van der Waals surface area contributed by atoms with Crippen molar-refractivity contribution in [1.82, 2.24) is 25.0 Å². The number of aromatic nitrogens is 1. The van der Waals surface area contributed by atoms with Gasteiger partial charge in [-0.15, -0.1) is 0 Å². The Bertz CT molecular complexity index is 606. The van der Waals surface area contributed by atoms with Crippen LogP contribution in [0.5, 0.6) is 0 Å². The van der Waals surface area contributed by atoms with Gasteiger partial charge in [0, 0.05) is 71.4 Å². The highest BCUT2D eigenvalue weighted by atomic mass is 16.2. The van der Waals surface area contributed by atoms with Crippen LogP contribution in [0.4, 0.5) is 4.79 Å². The van der Waals surface area contributed by atoms with Crippen LogP contribution in [0, 0.1) is 5.41 Å². The van der Waals surface area contributed by atoms with Gasteiger partial charge >= 0.3 is 6.03 Å². The molecule has 0 bridgehead atoms. The van der Waals surface area contributed by atoms with Crippen LogP contribution >= 0.6 is 0 Å². The molecular formula is C17H25N5O2. The molecule has 1 N–H and O–H groups in total. The van der Waals surface area contributed by atoms with E-state index >= 15 is 0 Å². The number of hydrogen-bond acceptors (Lipinski definition) is 4. The molecule has 1 spiro atoms. The van der Waals surface area contributed by atoms with E-state index < -0.39 is 0 Å². The number of pyridine rings is 1. The van der Waals surface area contributed by atoms with Crippen molar-refractivity contribution in [2.75, 3.05) is 46.8 Å². The van der Waals surface area contributed by atoms with E-state index in [1.807, 2.05) is 23.1 Å². The Morgan fingerprint density at radius 3 is 2.79 bits per heavy atom. The number of nitrogens with zero attached hydrogens (tertiary/aromatic N) is 4. The first-order valence-corrected chi connectivity index (χ1v) is 8.33. The molecule has 3 amide bonds. The van der Waals surface area contributed by atoms with Crippen LogP contribution in [-0.4, -0.2) is 78.4 Å². The second kappa shape index (κ2) is 6.76. The van der Waals surface area contributed by atoms with Crippen LogP contribution in [0.1, 0.15) is 12.1 Å². The topological polar surface area (TPSA) is 68.8 Å². The van der Waals surface area contributed by atoms with E-state index in [9.17, 15) is 9.59 Å². The zero-order valence-corrected chi connectivity index (χ0v) is 14.4. The zero-order chi connectivity index (χ0) is 17.2. The summed E-state index contributed by atoms with van der Waals surface area (Å²) in [6, 6.07) is 5.91. The molecule has 0 aliphatic carbocycles. The number of carbonyl (C=O) groups is 2. The number of rotatable bonds is 2. The summed E-state index contributed by atoms with van der Waals surface area (Å²) in [4.78, 5) is 34.5. The molecule has 7 nitrogen and oxygen atoms in total. The summed E-state index contributed by atoms with van der Waals surface area (Å²) in [5.41, 5.74) is 0.797. The molecule has 1 atom stereocenters. The van der Waals surface area contributed by atoms with Crippen LogP contribution in [-0.2, 0) is 11.3 Å². The van der Waals surface area contributed by atoms with Gasteiger partial charge in [-0.2, -0.15) is 0 Å². The minimum absolute atomic E-state index is 0.00779. The molecule has 2 fully saturated rings.